The van der Waals surface area contributed by atoms with E-state index in [0.29, 0.717) is 36.6 Å². The third-order valence-electron chi connectivity index (χ3n) is 9.57. The van der Waals surface area contributed by atoms with Crippen LogP contribution in [0.15, 0.2) is 91.1 Å². The van der Waals surface area contributed by atoms with Crippen LogP contribution in [-0.2, 0) is 28.3 Å². The second-order valence-corrected chi connectivity index (χ2v) is 12.9. The van der Waals surface area contributed by atoms with Crippen LogP contribution < -0.4 is 15.5 Å². The number of non-ortho nitro benzene ring substituents is 1. The van der Waals surface area contributed by atoms with E-state index in [1.807, 2.05) is 42.5 Å². The fourth-order valence-corrected chi connectivity index (χ4v) is 6.74. The lowest BCUT2D eigenvalue weighted by atomic mass is 9.82. The SMILES string of the molecule is C[C@@H](/C=C/CCn1cc(C(CO)c2ccccc2)nn1)[C@]1(O)C(=O)N(Cc2cccc(NC(=O)C3CCCNC3)c2)c2ccc([N+](=O)[O-])cc21. The maximum atomic E-state index is 14.1. The third kappa shape index (κ3) is 7.20. The molecule has 1 aromatic heterocycles. The van der Waals surface area contributed by atoms with Crippen LogP contribution in [0.25, 0.3) is 0 Å². The summed E-state index contributed by atoms with van der Waals surface area (Å²) in [6, 6.07) is 20.9. The molecule has 0 aliphatic carbocycles. The molecule has 50 heavy (non-hydrogen) atoms. The number of amides is 2. The summed E-state index contributed by atoms with van der Waals surface area (Å²) in [7, 11) is 0. The van der Waals surface area contributed by atoms with E-state index in [9.17, 15) is 29.9 Å². The van der Waals surface area contributed by atoms with Crippen LogP contribution in [0.3, 0.4) is 0 Å². The van der Waals surface area contributed by atoms with Crippen LogP contribution in [0.4, 0.5) is 17.1 Å². The number of anilines is 2. The topological polar surface area (TPSA) is 176 Å². The van der Waals surface area contributed by atoms with Crippen molar-refractivity contribution in [1.29, 1.82) is 0 Å². The predicted octanol–water partition coefficient (Wildman–Crippen LogP) is 4.27. The average Bonchev–Trinajstić information content (AvgIpc) is 3.68. The minimum Gasteiger partial charge on any atom is -0.395 e. The number of aryl methyl sites for hydroxylation is 1. The van der Waals surface area contributed by atoms with Gasteiger partial charge in [-0.2, -0.15) is 0 Å². The van der Waals surface area contributed by atoms with Crippen molar-refractivity contribution in [1.82, 2.24) is 20.3 Å². The van der Waals surface area contributed by atoms with E-state index in [1.165, 1.54) is 23.1 Å². The summed E-state index contributed by atoms with van der Waals surface area (Å²) in [5.41, 5.74) is 1.18. The van der Waals surface area contributed by atoms with Crippen LogP contribution >= 0.6 is 0 Å². The van der Waals surface area contributed by atoms with Crippen molar-refractivity contribution in [3.8, 4) is 0 Å². The highest BCUT2D eigenvalue weighted by Gasteiger charge is 2.53. The number of nitrogens with zero attached hydrogens (tertiary/aromatic N) is 5. The van der Waals surface area contributed by atoms with Gasteiger partial charge < -0.3 is 25.7 Å². The molecule has 13 heteroatoms. The third-order valence-corrected chi connectivity index (χ3v) is 9.57. The number of aliphatic hydroxyl groups is 2. The van der Waals surface area contributed by atoms with Gasteiger partial charge in [-0.25, -0.2) is 0 Å². The number of allylic oxidation sites excluding steroid dienone is 1. The van der Waals surface area contributed by atoms with Crippen molar-refractivity contribution in [2.45, 2.75) is 50.8 Å². The van der Waals surface area contributed by atoms with E-state index in [-0.39, 0.29) is 42.1 Å². The van der Waals surface area contributed by atoms with E-state index in [2.05, 4.69) is 20.9 Å². The molecule has 4 N–H and O–H groups in total. The Morgan fingerprint density at radius 2 is 2.00 bits per heavy atom. The number of fused-ring (bicyclic) bond motifs is 1. The summed E-state index contributed by atoms with van der Waals surface area (Å²) in [6.07, 6.45) is 7.63. The summed E-state index contributed by atoms with van der Waals surface area (Å²) in [4.78, 5) is 39.5. The first-order valence-corrected chi connectivity index (χ1v) is 16.8. The number of carbonyl (C=O) groups is 2. The van der Waals surface area contributed by atoms with Crippen molar-refractivity contribution < 1.29 is 24.7 Å². The number of benzene rings is 3. The number of nitrogens with one attached hydrogen (secondary N) is 2. The lowest BCUT2D eigenvalue weighted by Crippen LogP contribution is -2.44. The molecule has 3 heterocycles. The largest absolute Gasteiger partial charge is 0.395 e. The molecule has 1 saturated heterocycles. The number of nitro groups is 1. The van der Waals surface area contributed by atoms with Crippen molar-refractivity contribution >= 4 is 28.9 Å². The predicted molar refractivity (Wildman–Crippen MR) is 187 cm³/mol. The average molecular weight is 680 g/mol. The lowest BCUT2D eigenvalue weighted by molar-refractivity contribution is -0.385. The Morgan fingerprint density at radius 3 is 2.74 bits per heavy atom. The molecule has 2 amide bonds. The number of carbonyl (C=O) groups excluding carboxylic acids is 2. The summed E-state index contributed by atoms with van der Waals surface area (Å²) >= 11 is 0. The first-order chi connectivity index (χ1) is 24.2. The van der Waals surface area contributed by atoms with Crippen LogP contribution in [0.2, 0.25) is 0 Å². The number of aromatic nitrogens is 3. The Balaban J connectivity index is 1.16. The van der Waals surface area contributed by atoms with Gasteiger partial charge in [0.05, 0.1) is 41.3 Å². The van der Waals surface area contributed by atoms with E-state index in [0.717, 1.165) is 30.5 Å². The van der Waals surface area contributed by atoms with Gasteiger partial charge in [0.25, 0.3) is 11.6 Å². The monoisotopic (exact) mass is 679 g/mol. The minimum absolute atomic E-state index is 0.0648. The molecule has 4 atom stereocenters. The standard InChI is InChI=1S/C37H41N7O6/c1-25(9-5-6-18-42-23-33(40-41-42)31(24-45)27-11-3-2-4-12-27)37(48)32-20-30(44(49)50)15-16-34(32)43(36(37)47)22-26-10-7-14-29(19-26)39-35(46)28-13-8-17-38-21-28/h2-5,7,9-12,14-16,19-20,23,25,28,31,38,45,48H,6,8,13,17-18,21-22,24H2,1H3,(H,39,46)/b9-5+/t25-,28?,31?,37+/m0/s1. The summed E-state index contributed by atoms with van der Waals surface area (Å²) < 4.78 is 1.67. The van der Waals surface area contributed by atoms with Gasteiger partial charge in [-0.15, -0.1) is 5.10 Å². The Hall–Kier alpha value is -5.24. The fourth-order valence-electron chi connectivity index (χ4n) is 6.74. The normalized spacial score (nSPS) is 20.1. The number of hydrogen-bond acceptors (Lipinski definition) is 9. The van der Waals surface area contributed by atoms with Crippen LogP contribution in [0.5, 0.6) is 0 Å². The van der Waals surface area contributed by atoms with Gasteiger partial charge in [-0.3, -0.25) is 24.4 Å². The zero-order valence-corrected chi connectivity index (χ0v) is 27.8. The van der Waals surface area contributed by atoms with Gasteiger partial charge >= 0.3 is 0 Å². The van der Waals surface area contributed by atoms with E-state index < -0.39 is 22.3 Å². The van der Waals surface area contributed by atoms with Crippen molar-refractivity contribution in [3.05, 3.63) is 124 Å². The molecule has 6 rings (SSSR count). The summed E-state index contributed by atoms with van der Waals surface area (Å²) in [6.45, 7) is 3.68. The van der Waals surface area contributed by atoms with Gasteiger partial charge in [0.1, 0.15) is 0 Å². The van der Waals surface area contributed by atoms with E-state index >= 15 is 0 Å². The molecule has 0 saturated carbocycles. The molecule has 260 valence electrons. The van der Waals surface area contributed by atoms with Gasteiger partial charge in [0.15, 0.2) is 5.60 Å². The number of aliphatic hydroxyl groups excluding tert-OH is 1. The number of piperidine rings is 1. The first-order valence-electron chi connectivity index (χ1n) is 16.8. The van der Waals surface area contributed by atoms with Crippen LogP contribution in [0, 0.1) is 22.0 Å². The minimum atomic E-state index is -2.05. The molecule has 1 fully saturated rings. The second kappa shape index (κ2) is 15.1. The van der Waals surface area contributed by atoms with E-state index in [1.54, 1.807) is 42.1 Å². The van der Waals surface area contributed by atoms with Crippen molar-refractivity contribution in [3.63, 3.8) is 0 Å². The molecule has 2 aliphatic heterocycles. The van der Waals surface area contributed by atoms with E-state index in [4.69, 9.17) is 0 Å². The zero-order chi connectivity index (χ0) is 35.3. The molecule has 13 nitrogen and oxygen atoms in total. The van der Waals surface area contributed by atoms with Crippen LogP contribution in [-0.4, -0.2) is 61.6 Å². The van der Waals surface area contributed by atoms with Crippen molar-refractivity contribution in [2.24, 2.45) is 11.8 Å². The lowest BCUT2D eigenvalue weighted by Gasteiger charge is -2.27. The molecule has 2 aliphatic rings. The first kappa shape index (κ1) is 34.6. The highest BCUT2D eigenvalue weighted by Crippen LogP contribution is 2.47. The molecule has 0 radical (unpaired) electrons. The Bertz CT molecular complexity index is 1870. The Kier molecular flexibility index (Phi) is 10.5. The summed E-state index contributed by atoms with van der Waals surface area (Å²) in [5.74, 6) is -1.81. The van der Waals surface area contributed by atoms with Crippen LogP contribution in [0.1, 0.15) is 54.5 Å². The maximum absolute atomic E-state index is 14.1. The zero-order valence-electron chi connectivity index (χ0n) is 27.8. The molecule has 0 bridgehead atoms. The van der Waals surface area contributed by atoms with Gasteiger partial charge in [-0.05, 0) is 55.1 Å². The summed E-state index contributed by atoms with van der Waals surface area (Å²) in [5, 5.41) is 48.5. The van der Waals surface area contributed by atoms with Gasteiger partial charge in [0.2, 0.25) is 5.91 Å². The Labute approximate surface area is 289 Å². The number of nitro benzene ring substituents is 1. The number of rotatable bonds is 13. The highest BCUT2D eigenvalue weighted by molar-refractivity contribution is 6.07. The smallest absolute Gasteiger partial charge is 0.269 e. The molecule has 4 aromatic rings. The Morgan fingerprint density at radius 1 is 1.18 bits per heavy atom. The molecular formula is C37H41N7O6. The fraction of sp³-hybridized carbons (Fsp3) is 0.351. The molecule has 2 unspecified atom stereocenters. The van der Waals surface area contributed by atoms with Gasteiger partial charge in [0, 0.05) is 48.6 Å². The van der Waals surface area contributed by atoms with Crippen molar-refractivity contribution in [2.75, 3.05) is 29.9 Å². The van der Waals surface area contributed by atoms with Gasteiger partial charge in [-0.1, -0.05) is 66.8 Å². The highest BCUT2D eigenvalue weighted by atomic mass is 16.6. The second-order valence-electron chi connectivity index (χ2n) is 12.9. The molecule has 3 aromatic carbocycles. The number of hydrogen-bond donors (Lipinski definition) is 4. The molecular weight excluding hydrogens is 638 g/mol. The maximum Gasteiger partial charge on any atom is 0.269 e. The molecule has 0 spiro atoms. The quantitative estimate of drug-likeness (QED) is 0.0914.